The molecule has 0 spiro atoms. The molecule has 19 heteroatoms. The van der Waals surface area contributed by atoms with Crippen LogP contribution in [0.15, 0.2) is 48.5 Å². The van der Waals surface area contributed by atoms with Gasteiger partial charge in [0, 0.05) is 66.8 Å². The van der Waals surface area contributed by atoms with E-state index in [9.17, 15) is 37.1 Å². The standard InChI is InChI=1S/C46H52F3N9O7/c1-24(27-16-28(46(47,48)49)19-29(50)17-27)53-40-32-20-37(36(64-4)21-34(32)54-25(2)55-40)65-23-45(11-12-45)22-30-18-26(41(60)51-3)10-14-57(30)15-13-52-33-7-5-6-31-39(33)44(63)58(43(31)62)35-8-9-38(59)56-42(35)61/h5-7,16-17,19-21,24,26,30,35,52H,8-15,18,22-23,50H2,1-4H3,(H,51,60)(H,53,54,55)(H,56,59,61). The van der Waals surface area contributed by atoms with Gasteiger partial charge in [-0.3, -0.25) is 39.1 Å². The van der Waals surface area contributed by atoms with Gasteiger partial charge in [-0.2, -0.15) is 13.2 Å². The third-order valence-corrected chi connectivity index (χ3v) is 13.0. The Morgan fingerprint density at radius 2 is 1.83 bits per heavy atom. The number of rotatable bonds is 15. The molecule has 344 valence electrons. The van der Waals surface area contributed by atoms with Gasteiger partial charge < -0.3 is 31.2 Å². The number of likely N-dealkylation sites (tertiary alicyclic amines) is 1. The van der Waals surface area contributed by atoms with E-state index in [-0.39, 0.29) is 52.9 Å². The Hall–Kier alpha value is -6.50. The number of nitrogens with zero attached hydrogens (tertiary/aromatic N) is 4. The number of hydrogen-bond acceptors (Lipinski definition) is 13. The van der Waals surface area contributed by atoms with Crippen molar-refractivity contribution in [3.05, 3.63) is 76.6 Å². The van der Waals surface area contributed by atoms with Gasteiger partial charge in [0.05, 0.1) is 42.0 Å². The molecule has 0 radical (unpaired) electrons. The number of nitrogens with one attached hydrogen (secondary N) is 4. The lowest BCUT2D eigenvalue weighted by Gasteiger charge is -2.40. The molecule has 5 amide bonds. The first-order chi connectivity index (χ1) is 31.0. The maximum absolute atomic E-state index is 13.7. The quantitative estimate of drug-likeness (QED) is 0.0727. The number of alkyl halides is 3. The lowest BCUT2D eigenvalue weighted by atomic mass is 9.84. The van der Waals surface area contributed by atoms with Gasteiger partial charge in [-0.25, -0.2) is 9.97 Å². The van der Waals surface area contributed by atoms with Crippen LogP contribution in [0, 0.1) is 18.3 Å². The van der Waals surface area contributed by atoms with E-state index in [1.54, 1.807) is 51.2 Å². The molecule has 3 fully saturated rings. The molecule has 1 saturated carbocycles. The molecular formula is C46H52F3N9O7. The van der Waals surface area contributed by atoms with E-state index in [0.717, 1.165) is 36.3 Å². The van der Waals surface area contributed by atoms with Crippen molar-refractivity contribution in [1.29, 1.82) is 0 Å². The third-order valence-electron chi connectivity index (χ3n) is 13.0. The maximum atomic E-state index is 13.7. The van der Waals surface area contributed by atoms with Crippen LogP contribution in [0.5, 0.6) is 11.5 Å². The molecule has 16 nitrogen and oxygen atoms in total. The molecule has 1 aliphatic carbocycles. The molecule has 4 heterocycles. The van der Waals surface area contributed by atoms with Crippen molar-refractivity contribution in [3.63, 3.8) is 0 Å². The summed E-state index contributed by atoms with van der Waals surface area (Å²) in [7, 11) is 3.18. The molecular weight excluding hydrogens is 848 g/mol. The number of methoxy groups -OCH3 is 1. The first kappa shape index (κ1) is 45.1. The number of halogens is 3. The van der Waals surface area contributed by atoms with Crippen LogP contribution in [0.25, 0.3) is 10.9 Å². The summed E-state index contributed by atoms with van der Waals surface area (Å²) in [5, 5.41) is 12.2. The summed E-state index contributed by atoms with van der Waals surface area (Å²) in [4.78, 5) is 77.0. The average Bonchev–Trinajstić information content (AvgIpc) is 3.99. The molecule has 1 aromatic heterocycles. The summed E-state index contributed by atoms with van der Waals surface area (Å²) in [5.41, 5.74) is 6.56. The van der Waals surface area contributed by atoms with E-state index < -0.39 is 47.5 Å². The van der Waals surface area contributed by atoms with Crippen molar-refractivity contribution in [1.82, 2.24) is 30.4 Å². The van der Waals surface area contributed by atoms with E-state index in [2.05, 4.69) is 36.1 Å². The molecule has 4 unspecified atom stereocenters. The number of carbonyl (C=O) groups is 5. The Morgan fingerprint density at radius 1 is 1.05 bits per heavy atom. The molecule has 4 aliphatic rings. The molecule has 65 heavy (non-hydrogen) atoms. The zero-order chi connectivity index (χ0) is 46.4. The van der Waals surface area contributed by atoms with Crippen molar-refractivity contribution in [2.75, 3.05) is 56.8 Å². The monoisotopic (exact) mass is 899 g/mol. The number of ether oxygens (including phenoxy) is 2. The van der Waals surface area contributed by atoms with Crippen LogP contribution in [-0.2, 0) is 20.6 Å². The van der Waals surface area contributed by atoms with Crippen molar-refractivity contribution in [2.45, 2.75) is 83.1 Å². The second-order valence-electron chi connectivity index (χ2n) is 17.5. The van der Waals surface area contributed by atoms with Gasteiger partial charge in [-0.1, -0.05) is 6.07 Å². The number of aromatic nitrogens is 2. The number of aryl methyl sites for hydroxylation is 1. The van der Waals surface area contributed by atoms with Crippen LogP contribution in [0.2, 0.25) is 0 Å². The molecule has 3 aromatic carbocycles. The number of carbonyl (C=O) groups excluding carboxylic acids is 5. The Bertz CT molecular complexity index is 2570. The SMILES string of the molecule is CNC(=O)C1CCN(CCNc2cccc3c2C(=O)N(C2CCC(=O)NC2=O)C3=O)C(CC2(COc3cc4c(NC(C)c5cc(N)cc(C(F)(F)F)c5)nc(C)nc4cc3OC)CC2)C1. The smallest absolute Gasteiger partial charge is 0.416 e. The number of hydrogen-bond donors (Lipinski definition) is 5. The topological polar surface area (TPSA) is 210 Å². The summed E-state index contributed by atoms with van der Waals surface area (Å²) >= 11 is 0. The van der Waals surface area contributed by atoms with Crippen LogP contribution < -0.4 is 36.5 Å². The number of imide groups is 2. The molecule has 8 rings (SSSR count). The number of nitrogens with two attached hydrogens (primary N) is 1. The summed E-state index contributed by atoms with van der Waals surface area (Å²) in [6.07, 6.45) is -0.623. The highest BCUT2D eigenvalue weighted by molar-refractivity contribution is 6.25. The van der Waals surface area contributed by atoms with Gasteiger partial charge in [-0.15, -0.1) is 0 Å². The Kier molecular flexibility index (Phi) is 12.4. The van der Waals surface area contributed by atoms with Crippen LogP contribution in [0.4, 0.5) is 30.4 Å². The summed E-state index contributed by atoms with van der Waals surface area (Å²) in [6.45, 7) is 5.46. The Morgan fingerprint density at radius 3 is 2.54 bits per heavy atom. The number of anilines is 3. The van der Waals surface area contributed by atoms with Crippen LogP contribution in [-0.4, -0.2) is 102 Å². The molecule has 3 aliphatic heterocycles. The van der Waals surface area contributed by atoms with Crippen molar-refractivity contribution in [3.8, 4) is 11.5 Å². The molecule has 6 N–H and O–H groups in total. The van der Waals surface area contributed by atoms with Crippen molar-refractivity contribution in [2.24, 2.45) is 11.3 Å². The number of amides is 5. The Labute approximate surface area is 373 Å². The fourth-order valence-electron chi connectivity index (χ4n) is 9.37. The fraction of sp³-hybridized carbons (Fsp3) is 0.457. The fourth-order valence-corrected chi connectivity index (χ4v) is 9.37. The highest BCUT2D eigenvalue weighted by Gasteiger charge is 2.48. The van der Waals surface area contributed by atoms with Gasteiger partial charge in [0.2, 0.25) is 17.7 Å². The number of fused-ring (bicyclic) bond motifs is 2. The Balaban J connectivity index is 0.967. The van der Waals surface area contributed by atoms with E-state index in [0.29, 0.717) is 84.4 Å². The minimum absolute atomic E-state index is 0.00751. The predicted octanol–water partition coefficient (Wildman–Crippen LogP) is 5.61. The van der Waals surface area contributed by atoms with E-state index in [1.807, 2.05) is 0 Å². The molecule has 4 aromatic rings. The zero-order valence-electron chi connectivity index (χ0n) is 36.6. The van der Waals surface area contributed by atoms with Crippen molar-refractivity contribution >= 4 is 57.6 Å². The van der Waals surface area contributed by atoms with E-state index in [1.165, 1.54) is 13.2 Å². The minimum atomic E-state index is -4.57. The van der Waals surface area contributed by atoms with Crippen molar-refractivity contribution < 1.29 is 46.6 Å². The summed E-state index contributed by atoms with van der Waals surface area (Å²) < 4.78 is 53.3. The second-order valence-corrected chi connectivity index (χ2v) is 17.5. The van der Waals surface area contributed by atoms with Gasteiger partial charge in [0.25, 0.3) is 11.8 Å². The van der Waals surface area contributed by atoms with Gasteiger partial charge in [0.15, 0.2) is 11.5 Å². The normalized spacial score (nSPS) is 21.2. The average molecular weight is 900 g/mol. The highest BCUT2D eigenvalue weighted by Crippen LogP contribution is 2.52. The van der Waals surface area contributed by atoms with Crippen LogP contribution >= 0.6 is 0 Å². The highest BCUT2D eigenvalue weighted by atomic mass is 19.4. The first-order valence-corrected chi connectivity index (χ1v) is 21.7. The molecule has 0 bridgehead atoms. The zero-order valence-corrected chi connectivity index (χ0v) is 36.6. The van der Waals surface area contributed by atoms with E-state index >= 15 is 0 Å². The third kappa shape index (κ3) is 9.37. The second kappa shape index (κ2) is 17.8. The first-order valence-electron chi connectivity index (χ1n) is 21.7. The molecule has 4 atom stereocenters. The largest absolute Gasteiger partial charge is 0.493 e. The number of benzene rings is 3. The number of nitrogen functional groups attached to an aromatic ring is 1. The maximum Gasteiger partial charge on any atom is 0.416 e. The van der Waals surface area contributed by atoms with Gasteiger partial charge in [0.1, 0.15) is 17.7 Å². The van der Waals surface area contributed by atoms with Gasteiger partial charge >= 0.3 is 6.18 Å². The summed E-state index contributed by atoms with van der Waals surface area (Å²) in [5.74, 6) is -0.710. The predicted molar refractivity (Wildman–Crippen MR) is 234 cm³/mol. The van der Waals surface area contributed by atoms with Crippen LogP contribution in [0.1, 0.15) is 95.6 Å². The van der Waals surface area contributed by atoms with Crippen LogP contribution in [0.3, 0.4) is 0 Å². The lowest BCUT2D eigenvalue weighted by Crippen LogP contribution is -2.54. The lowest BCUT2D eigenvalue weighted by molar-refractivity contribution is -0.138. The molecule has 2 saturated heterocycles. The number of piperidine rings is 2. The summed E-state index contributed by atoms with van der Waals surface area (Å²) in [6, 6.07) is 10.3. The van der Waals surface area contributed by atoms with E-state index in [4.69, 9.17) is 15.2 Å². The van der Waals surface area contributed by atoms with Gasteiger partial charge in [-0.05, 0) is 101 Å². The minimum Gasteiger partial charge on any atom is -0.493 e.